The lowest BCUT2D eigenvalue weighted by atomic mass is 10.1. The molecular formula is C17H15FN4OS2. The highest BCUT2D eigenvalue weighted by molar-refractivity contribution is 7.22. The maximum Gasteiger partial charge on any atom is 0.256 e. The van der Waals surface area contributed by atoms with Crippen LogP contribution >= 0.6 is 22.7 Å². The minimum absolute atomic E-state index is 0.131. The Morgan fingerprint density at radius 1 is 1.04 bits per heavy atom. The first kappa shape index (κ1) is 16.2. The van der Waals surface area contributed by atoms with Crippen LogP contribution in [-0.4, -0.2) is 47.2 Å². The van der Waals surface area contributed by atoms with E-state index >= 15 is 0 Å². The minimum atomic E-state index is -0.473. The van der Waals surface area contributed by atoms with Gasteiger partial charge < -0.3 is 9.80 Å². The summed E-state index contributed by atoms with van der Waals surface area (Å²) in [5.74, 6) is -0.728. The highest BCUT2D eigenvalue weighted by Crippen LogP contribution is 2.31. The Morgan fingerprint density at radius 2 is 1.84 bits per heavy atom. The van der Waals surface area contributed by atoms with Crippen molar-refractivity contribution in [2.75, 3.05) is 31.1 Å². The van der Waals surface area contributed by atoms with Crippen molar-refractivity contribution in [3.05, 3.63) is 53.2 Å². The smallest absolute Gasteiger partial charge is 0.256 e. The van der Waals surface area contributed by atoms with Crippen LogP contribution in [0.1, 0.15) is 10.4 Å². The number of nitrogens with zero attached hydrogens (tertiary/aromatic N) is 4. The molecule has 1 amide bonds. The fourth-order valence-electron chi connectivity index (χ4n) is 2.75. The van der Waals surface area contributed by atoms with Gasteiger partial charge in [-0.15, -0.1) is 21.5 Å². The van der Waals surface area contributed by atoms with Crippen molar-refractivity contribution < 1.29 is 9.18 Å². The van der Waals surface area contributed by atoms with Crippen LogP contribution < -0.4 is 4.90 Å². The van der Waals surface area contributed by atoms with Gasteiger partial charge >= 0.3 is 0 Å². The Labute approximate surface area is 152 Å². The number of hydrogen-bond acceptors (Lipinski definition) is 6. The topological polar surface area (TPSA) is 49.3 Å². The Bertz CT molecular complexity index is 872. The summed E-state index contributed by atoms with van der Waals surface area (Å²) < 4.78 is 13.8. The normalized spacial score (nSPS) is 14.8. The number of amides is 1. The first-order chi connectivity index (χ1) is 12.2. The van der Waals surface area contributed by atoms with E-state index in [4.69, 9.17) is 0 Å². The van der Waals surface area contributed by atoms with Crippen LogP contribution in [0.4, 0.5) is 9.52 Å². The molecule has 1 saturated heterocycles. The molecule has 2 aromatic heterocycles. The van der Waals surface area contributed by atoms with Crippen molar-refractivity contribution in [1.82, 2.24) is 15.1 Å². The maximum absolute atomic E-state index is 13.8. The molecule has 5 nitrogen and oxygen atoms in total. The van der Waals surface area contributed by atoms with Gasteiger partial charge in [0.1, 0.15) is 5.82 Å². The fourth-order valence-corrected chi connectivity index (χ4v) is 4.44. The molecule has 1 aliphatic rings. The van der Waals surface area contributed by atoms with Gasteiger partial charge in [0.05, 0.1) is 10.4 Å². The van der Waals surface area contributed by atoms with Gasteiger partial charge in [-0.25, -0.2) is 4.39 Å². The zero-order valence-electron chi connectivity index (χ0n) is 13.3. The number of thiophene rings is 1. The molecule has 0 saturated carbocycles. The summed E-state index contributed by atoms with van der Waals surface area (Å²) in [4.78, 5) is 17.4. The summed E-state index contributed by atoms with van der Waals surface area (Å²) >= 11 is 3.20. The van der Waals surface area contributed by atoms with E-state index < -0.39 is 5.82 Å². The second-order valence-electron chi connectivity index (χ2n) is 5.63. The Balaban J connectivity index is 1.42. The number of piperazine rings is 1. The van der Waals surface area contributed by atoms with E-state index in [1.54, 1.807) is 39.7 Å². The molecular weight excluding hydrogens is 359 g/mol. The number of rotatable bonds is 3. The highest BCUT2D eigenvalue weighted by atomic mass is 32.1. The SMILES string of the molecule is O=C(c1ccccc1F)N1CCN(c2nnc(-c3cccs3)s2)CC1. The second kappa shape index (κ2) is 6.89. The van der Waals surface area contributed by atoms with E-state index in [1.165, 1.54) is 12.1 Å². The third-order valence-electron chi connectivity index (χ3n) is 4.09. The number of anilines is 1. The highest BCUT2D eigenvalue weighted by Gasteiger charge is 2.25. The molecule has 0 spiro atoms. The molecule has 0 unspecified atom stereocenters. The average molecular weight is 374 g/mol. The summed E-state index contributed by atoms with van der Waals surface area (Å²) in [5.41, 5.74) is 0.131. The first-order valence-electron chi connectivity index (χ1n) is 7.88. The lowest BCUT2D eigenvalue weighted by molar-refractivity contribution is 0.0742. The summed E-state index contributed by atoms with van der Waals surface area (Å²) in [6.45, 7) is 2.42. The van der Waals surface area contributed by atoms with Crippen LogP contribution in [0.2, 0.25) is 0 Å². The quantitative estimate of drug-likeness (QED) is 0.705. The van der Waals surface area contributed by atoms with Crippen LogP contribution in [0, 0.1) is 5.82 Å². The maximum atomic E-state index is 13.8. The van der Waals surface area contributed by atoms with Gasteiger partial charge in [-0.05, 0) is 23.6 Å². The predicted octanol–water partition coefficient (Wildman–Crippen LogP) is 3.37. The largest absolute Gasteiger partial charge is 0.343 e. The van der Waals surface area contributed by atoms with Gasteiger partial charge in [0.25, 0.3) is 5.91 Å². The second-order valence-corrected chi connectivity index (χ2v) is 7.53. The van der Waals surface area contributed by atoms with Gasteiger partial charge in [0.15, 0.2) is 5.01 Å². The van der Waals surface area contributed by atoms with Crippen LogP contribution in [-0.2, 0) is 0 Å². The Morgan fingerprint density at radius 3 is 2.56 bits per heavy atom. The van der Waals surface area contributed by atoms with Crippen LogP contribution in [0.15, 0.2) is 41.8 Å². The molecule has 0 bridgehead atoms. The Kier molecular flexibility index (Phi) is 4.46. The van der Waals surface area contributed by atoms with Gasteiger partial charge in [-0.1, -0.05) is 29.5 Å². The van der Waals surface area contributed by atoms with Crippen molar-refractivity contribution in [1.29, 1.82) is 0 Å². The van der Waals surface area contributed by atoms with Gasteiger partial charge in [-0.3, -0.25) is 4.79 Å². The summed E-state index contributed by atoms with van der Waals surface area (Å²) in [6.07, 6.45) is 0. The molecule has 3 heterocycles. The average Bonchev–Trinajstić information content (AvgIpc) is 3.33. The minimum Gasteiger partial charge on any atom is -0.343 e. The summed E-state index contributed by atoms with van der Waals surface area (Å²) in [6, 6.07) is 10.1. The number of benzene rings is 1. The molecule has 1 aromatic carbocycles. The van der Waals surface area contributed by atoms with Crippen molar-refractivity contribution >= 4 is 33.7 Å². The van der Waals surface area contributed by atoms with Gasteiger partial charge in [0, 0.05) is 26.2 Å². The molecule has 0 atom stereocenters. The van der Waals surface area contributed by atoms with Crippen molar-refractivity contribution in [2.24, 2.45) is 0 Å². The number of aromatic nitrogens is 2. The van der Waals surface area contributed by atoms with Crippen LogP contribution in [0.5, 0.6) is 0 Å². The van der Waals surface area contributed by atoms with Gasteiger partial charge in [0.2, 0.25) is 5.13 Å². The molecule has 8 heteroatoms. The predicted molar refractivity (Wildman–Crippen MR) is 97.7 cm³/mol. The van der Waals surface area contributed by atoms with E-state index in [0.717, 1.165) is 15.0 Å². The van der Waals surface area contributed by atoms with Gasteiger partial charge in [-0.2, -0.15) is 0 Å². The number of carbonyl (C=O) groups excluding carboxylic acids is 1. The first-order valence-corrected chi connectivity index (χ1v) is 9.58. The molecule has 0 aliphatic carbocycles. The molecule has 0 radical (unpaired) electrons. The van der Waals surface area contributed by atoms with Crippen LogP contribution in [0.3, 0.4) is 0 Å². The Hall–Kier alpha value is -2.32. The number of hydrogen-bond donors (Lipinski definition) is 0. The zero-order chi connectivity index (χ0) is 17.2. The van der Waals surface area contributed by atoms with E-state index in [2.05, 4.69) is 15.1 Å². The summed E-state index contributed by atoms with van der Waals surface area (Å²) in [5, 5.41) is 12.3. The molecule has 1 fully saturated rings. The lowest BCUT2D eigenvalue weighted by Crippen LogP contribution is -2.49. The molecule has 3 aromatic rings. The molecule has 25 heavy (non-hydrogen) atoms. The number of halogens is 1. The molecule has 128 valence electrons. The fraction of sp³-hybridized carbons (Fsp3) is 0.235. The standard InChI is InChI=1S/C17H15FN4OS2/c18-13-5-2-1-4-12(13)16(23)21-7-9-22(10-8-21)17-20-19-15(25-17)14-6-3-11-24-14/h1-6,11H,7-10H2. The monoisotopic (exact) mass is 374 g/mol. The van der Waals surface area contributed by atoms with Crippen molar-refractivity contribution in [2.45, 2.75) is 0 Å². The zero-order valence-corrected chi connectivity index (χ0v) is 14.9. The third kappa shape index (κ3) is 3.27. The molecule has 0 N–H and O–H groups in total. The van der Waals surface area contributed by atoms with E-state index in [9.17, 15) is 9.18 Å². The lowest BCUT2D eigenvalue weighted by Gasteiger charge is -2.34. The summed E-state index contributed by atoms with van der Waals surface area (Å²) in [7, 11) is 0. The van der Waals surface area contributed by atoms with E-state index in [1.807, 2.05) is 17.5 Å². The number of carbonyl (C=O) groups is 1. The molecule has 4 rings (SSSR count). The van der Waals surface area contributed by atoms with E-state index in [-0.39, 0.29) is 11.5 Å². The van der Waals surface area contributed by atoms with Crippen molar-refractivity contribution in [3.8, 4) is 9.88 Å². The van der Waals surface area contributed by atoms with Crippen molar-refractivity contribution in [3.63, 3.8) is 0 Å². The van der Waals surface area contributed by atoms with E-state index in [0.29, 0.717) is 26.2 Å². The van der Waals surface area contributed by atoms with Crippen LogP contribution in [0.25, 0.3) is 9.88 Å². The third-order valence-corrected chi connectivity index (χ3v) is 6.11. The molecule has 1 aliphatic heterocycles.